The van der Waals surface area contributed by atoms with Gasteiger partial charge in [0.2, 0.25) is 0 Å². The number of hydrogen-bond donors (Lipinski definition) is 7. The zero-order valence-electron chi connectivity index (χ0n) is 8.95. The third kappa shape index (κ3) is 4.52. The van der Waals surface area contributed by atoms with Gasteiger partial charge in [0, 0.05) is 0 Å². The maximum absolute atomic E-state index is 9.12. The first-order valence-corrected chi connectivity index (χ1v) is 4.67. The van der Waals surface area contributed by atoms with E-state index < -0.39 is 49.3 Å². The molecule has 0 unspecified atom stereocenters. The second kappa shape index (κ2) is 7.20. The van der Waals surface area contributed by atoms with E-state index in [0.29, 0.717) is 0 Å². The van der Waals surface area contributed by atoms with Crippen molar-refractivity contribution in [3.05, 3.63) is 0 Å². The van der Waals surface area contributed by atoms with Crippen LogP contribution in [0.5, 0.6) is 0 Å². The standard InChI is InChI=1S/C6H12O6.C2H2O4/c7-1-2-3(8)4(9)5(10)6(11)12-2;3-1(4)2(5)6/h2-11H,1H2;(H,3,4)(H,5,6)/t2-,3-,4-,5-,6-;/m1./s1. The third-order valence-electron chi connectivity index (χ3n) is 2.05. The molecule has 1 aliphatic heterocycles. The van der Waals surface area contributed by atoms with E-state index in [9.17, 15) is 0 Å². The van der Waals surface area contributed by atoms with Crippen LogP contribution in [0.4, 0.5) is 0 Å². The Labute approximate surface area is 100 Å². The lowest BCUT2D eigenvalue weighted by molar-refractivity contribution is -0.286. The van der Waals surface area contributed by atoms with E-state index in [2.05, 4.69) is 4.74 Å². The van der Waals surface area contributed by atoms with Gasteiger partial charge < -0.3 is 40.5 Å². The molecular weight excluding hydrogens is 256 g/mol. The first-order valence-electron chi connectivity index (χ1n) is 4.67. The Bertz CT molecular complexity index is 275. The van der Waals surface area contributed by atoms with E-state index in [1.165, 1.54) is 0 Å². The quantitative estimate of drug-likeness (QED) is 0.231. The maximum Gasteiger partial charge on any atom is 0.414 e. The number of aliphatic hydroxyl groups excluding tert-OH is 5. The molecule has 1 saturated heterocycles. The molecule has 0 amide bonds. The second-order valence-electron chi connectivity index (χ2n) is 3.33. The van der Waals surface area contributed by atoms with Gasteiger partial charge >= 0.3 is 11.9 Å². The van der Waals surface area contributed by atoms with Gasteiger partial charge in [0.25, 0.3) is 0 Å². The van der Waals surface area contributed by atoms with Crippen LogP contribution in [-0.4, -0.2) is 85.0 Å². The molecule has 0 spiro atoms. The van der Waals surface area contributed by atoms with Crippen LogP contribution in [0.1, 0.15) is 0 Å². The highest BCUT2D eigenvalue weighted by Crippen LogP contribution is 2.18. The molecule has 0 aromatic heterocycles. The van der Waals surface area contributed by atoms with Crippen molar-refractivity contribution in [2.24, 2.45) is 0 Å². The number of aliphatic hydroxyl groups is 5. The van der Waals surface area contributed by atoms with Crippen molar-refractivity contribution >= 4 is 11.9 Å². The average Bonchev–Trinajstić information content (AvgIpc) is 2.31. The van der Waals surface area contributed by atoms with Crippen molar-refractivity contribution < 1.29 is 50.1 Å². The minimum absolute atomic E-state index is 0.526. The Hall–Kier alpha value is -1.30. The highest BCUT2D eigenvalue weighted by Gasteiger charge is 2.42. The molecule has 1 fully saturated rings. The van der Waals surface area contributed by atoms with Gasteiger partial charge in [-0.15, -0.1) is 0 Å². The van der Waals surface area contributed by atoms with Crippen LogP contribution in [-0.2, 0) is 14.3 Å². The van der Waals surface area contributed by atoms with Crippen molar-refractivity contribution in [2.75, 3.05) is 6.61 Å². The van der Waals surface area contributed by atoms with Gasteiger partial charge in [-0.25, -0.2) is 9.59 Å². The van der Waals surface area contributed by atoms with Gasteiger partial charge in [-0.2, -0.15) is 0 Å². The lowest BCUT2D eigenvalue weighted by Gasteiger charge is -2.37. The van der Waals surface area contributed by atoms with Crippen LogP contribution in [0.2, 0.25) is 0 Å². The number of carbonyl (C=O) groups is 2. The van der Waals surface area contributed by atoms with Crippen molar-refractivity contribution in [2.45, 2.75) is 30.7 Å². The molecular formula is C8H14O10. The summed E-state index contributed by atoms with van der Waals surface area (Å²) in [4.78, 5) is 18.2. The van der Waals surface area contributed by atoms with Crippen LogP contribution in [0.3, 0.4) is 0 Å². The number of ether oxygens (including phenoxy) is 1. The smallest absolute Gasteiger partial charge is 0.414 e. The van der Waals surface area contributed by atoms with Gasteiger partial charge in [0.05, 0.1) is 6.61 Å². The van der Waals surface area contributed by atoms with E-state index in [1.54, 1.807) is 0 Å². The van der Waals surface area contributed by atoms with E-state index in [-0.39, 0.29) is 0 Å². The average molecular weight is 270 g/mol. The molecule has 1 rings (SSSR count). The summed E-state index contributed by atoms with van der Waals surface area (Å²) < 4.78 is 4.58. The largest absolute Gasteiger partial charge is 0.473 e. The van der Waals surface area contributed by atoms with Crippen LogP contribution in [0, 0.1) is 0 Å². The fraction of sp³-hybridized carbons (Fsp3) is 0.750. The Morgan fingerprint density at radius 2 is 1.33 bits per heavy atom. The number of rotatable bonds is 1. The fourth-order valence-electron chi connectivity index (χ4n) is 1.08. The number of carboxylic acid groups (broad SMARTS) is 2. The summed E-state index contributed by atoms with van der Waals surface area (Å²) in [6, 6.07) is 0. The first-order chi connectivity index (χ1) is 8.22. The zero-order chi connectivity index (χ0) is 14.5. The fourth-order valence-corrected chi connectivity index (χ4v) is 1.08. The first kappa shape index (κ1) is 16.7. The molecule has 0 aromatic rings. The van der Waals surface area contributed by atoms with E-state index in [4.69, 9.17) is 45.3 Å². The van der Waals surface area contributed by atoms with Gasteiger partial charge in [-0.3, -0.25) is 0 Å². The number of aliphatic carboxylic acids is 2. The number of hydrogen-bond acceptors (Lipinski definition) is 8. The summed E-state index contributed by atoms with van der Waals surface area (Å²) in [6.45, 7) is -0.526. The van der Waals surface area contributed by atoms with Crippen LogP contribution >= 0.6 is 0 Å². The molecule has 106 valence electrons. The predicted octanol–water partition coefficient (Wildman–Crippen LogP) is -4.07. The van der Waals surface area contributed by atoms with E-state index >= 15 is 0 Å². The van der Waals surface area contributed by atoms with Crippen molar-refractivity contribution in [1.82, 2.24) is 0 Å². The Morgan fingerprint density at radius 1 is 0.889 bits per heavy atom. The van der Waals surface area contributed by atoms with Crippen molar-refractivity contribution in [3.63, 3.8) is 0 Å². The van der Waals surface area contributed by atoms with Crippen molar-refractivity contribution in [3.8, 4) is 0 Å². The normalized spacial score (nSPS) is 35.3. The Morgan fingerprint density at radius 3 is 1.67 bits per heavy atom. The molecule has 5 atom stereocenters. The summed E-state index contributed by atoms with van der Waals surface area (Å²) in [7, 11) is 0. The molecule has 0 bridgehead atoms. The SMILES string of the molecule is O=C(O)C(=O)O.OC[C@H]1O[C@@H](O)[C@H](O)[C@H](O)[C@@H]1O. The summed E-state index contributed by atoms with van der Waals surface area (Å²) >= 11 is 0. The molecule has 1 heterocycles. The molecule has 0 radical (unpaired) electrons. The van der Waals surface area contributed by atoms with Gasteiger partial charge in [0.15, 0.2) is 6.29 Å². The van der Waals surface area contributed by atoms with Crippen LogP contribution in [0.25, 0.3) is 0 Å². The van der Waals surface area contributed by atoms with Crippen LogP contribution < -0.4 is 0 Å². The molecule has 18 heavy (non-hydrogen) atoms. The van der Waals surface area contributed by atoms with Gasteiger partial charge in [0.1, 0.15) is 24.4 Å². The molecule has 0 aliphatic carbocycles. The predicted molar refractivity (Wildman–Crippen MR) is 51.3 cm³/mol. The Balaban J connectivity index is 0.000000411. The minimum Gasteiger partial charge on any atom is -0.473 e. The lowest BCUT2D eigenvalue weighted by Crippen LogP contribution is -2.58. The van der Waals surface area contributed by atoms with Gasteiger partial charge in [-0.05, 0) is 0 Å². The monoisotopic (exact) mass is 270 g/mol. The molecule has 1 aliphatic rings. The second-order valence-corrected chi connectivity index (χ2v) is 3.33. The maximum atomic E-state index is 9.12. The van der Waals surface area contributed by atoms with E-state index in [0.717, 1.165) is 0 Å². The molecule has 0 saturated carbocycles. The number of carboxylic acids is 2. The molecule has 7 N–H and O–H groups in total. The molecule has 10 nitrogen and oxygen atoms in total. The summed E-state index contributed by atoms with van der Waals surface area (Å²) in [6.07, 6.45) is -7.04. The summed E-state index contributed by atoms with van der Waals surface area (Å²) in [5.74, 6) is -3.65. The van der Waals surface area contributed by atoms with E-state index in [1.807, 2.05) is 0 Å². The Kier molecular flexibility index (Phi) is 6.68. The molecule has 0 aromatic carbocycles. The lowest BCUT2D eigenvalue weighted by atomic mass is 10.00. The summed E-state index contributed by atoms with van der Waals surface area (Å²) in [5.41, 5.74) is 0. The molecule has 10 heteroatoms. The zero-order valence-corrected chi connectivity index (χ0v) is 8.95. The third-order valence-corrected chi connectivity index (χ3v) is 2.05. The van der Waals surface area contributed by atoms with Gasteiger partial charge in [-0.1, -0.05) is 0 Å². The highest BCUT2D eigenvalue weighted by molar-refractivity contribution is 6.27. The van der Waals surface area contributed by atoms with Crippen LogP contribution in [0.15, 0.2) is 0 Å². The minimum atomic E-state index is -1.82. The summed E-state index contributed by atoms with van der Waals surface area (Å²) in [5, 5.41) is 59.4. The van der Waals surface area contributed by atoms with Crippen molar-refractivity contribution in [1.29, 1.82) is 0 Å². The highest BCUT2D eigenvalue weighted by atomic mass is 16.6. The topological polar surface area (TPSA) is 185 Å².